The van der Waals surface area contributed by atoms with Gasteiger partial charge in [-0.2, -0.15) is 0 Å². The number of rotatable bonds is 14. The van der Waals surface area contributed by atoms with Crippen molar-refractivity contribution in [2.24, 2.45) is 0 Å². The second-order valence-corrected chi connectivity index (χ2v) is 6.22. The maximum Gasteiger partial charge on any atom is 0.335 e. The lowest BCUT2D eigenvalue weighted by Gasteiger charge is -2.07. The van der Waals surface area contributed by atoms with Crippen molar-refractivity contribution in [2.75, 3.05) is 6.61 Å². The molecule has 0 amide bonds. The van der Waals surface area contributed by atoms with Gasteiger partial charge in [-0.05, 0) is 24.6 Å². The molecule has 0 aromatic heterocycles. The molecule has 1 N–H and O–H groups in total. The third-order valence-electron chi connectivity index (χ3n) is 4.10. The zero-order valence-electron chi connectivity index (χ0n) is 14.6. The van der Waals surface area contributed by atoms with Gasteiger partial charge in [0.15, 0.2) is 0 Å². The Bertz CT molecular complexity index is 429. The average Bonchev–Trinajstić information content (AvgIpc) is 2.56. The van der Waals surface area contributed by atoms with Crippen molar-refractivity contribution in [1.82, 2.24) is 0 Å². The molecule has 0 spiro atoms. The van der Waals surface area contributed by atoms with E-state index in [1.165, 1.54) is 64.2 Å². The first-order valence-electron chi connectivity index (χ1n) is 9.20. The van der Waals surface area contributed by atoms with Gasteiger partial charge < -0.3 is 9.84 Å². The summed E-state index contributed by atoms with van der Waals surface area (Å²) in [5, 5.41) is 8.93. The van der Waals surface area contributed by atoms with Gasteiger partial charge in [0, 0.05) is 0 Å². The van der Waals surface area contributed by atoms with Crippen LogP contribution in [0, 0.1) is 0 Å². The van der Waals surface area contributed by atoms with Gasteiger partial charge in [0.2, 0.25) is 0 Å². The second-order valence-electron chi connectivity index (χ2n) is 6.22. The number of carboxylic acids is 1. The average molecular weight is 320 g/mol. The first kappa shape index (κ1) is 19.5. The van der Waals surface area contributed by atoms with Gasteiger partial charge in [-0.25, -0.2) is 4.79 Å². The Kier molecular flexibility index (Phi) is 11.0. The zero-order valence-corrected chi connectivity index (χ0v) is 14.6. The van der Waals surface area contributed by atoms with Crippen LogP contribution >= 0.6 is 0 Å². The molecule has 1 rings (SSSR count). The van der Waals surface area contributed by atoms with Crippen LogP contribution in [0.5, 0.6) is 5.75 Å². The lowest BCUT2D eigenvalue weighted by molar-refractivity contribution is 0.0696. The molecule has 0 fully saturated rings. The molecule has 0 aliphatic heterocycles. The van der Waals surface area contributed by atoms with Crippen LogP contribution in [0.15, 0.2) is 24.3 Å². The highest BCUT2D eigenvalue weighted by atomic mass is 16.5. The van der Waals surface area contributed by atoms with Crippen molar-refractivity contribution >= 4 is 5.97 Å². The highest BCUT2D eigenvalue weighted by Crippen LogP contribution is 2.15. The van der Waals surface area contributed by atoms with E-state index in [0.29, 0.717) is 12.4 Å². The highest BCUT2D eigenvalue weighted by Gasteiger charge is 2.03. The maximum atomic E-state index is 10.9. The molecule has 0 aliphatic rings. The van der Waals surface area contributed by atoms with E-state index < -0.39 is 5.97 Å². The summed E-state index contributed by atoms with van der Waals surface area (Å²) in [7, 11) is 0. The third-order valence-corrected chi connectivity index (χ3v) is 4.10. The van der Waals surface area contributed by atoms with Crippen molar-refractivity contribution in [1.29, 1.82) is 0 Å². The monoisotopic (exact) mass is 320 g/mol. The van der Waals surface area contributed by atoms with E-state index in [-0.39, 0.29) is 5.56 Å². The third kappa shape index (κ3) is 9.98. The molecule has 0 bridgehead atoms. The minimum absolute atomic E-state index is 0.279. The predicted molar refractivity (Wildman–Crippen MR) is 95.4 cm³/mol. The molecule has 0 unspecified atom stereocenters. The molecule has 0 heterocycles. The zero-order chi connectivity index (χ0) is 16.8. The molecule has 0 saturated heterocycles. The molecular weight excluding hydrogens is 288 g/mol. The Morgan fingerprint density at radius 3 is 2.04 bits per heavy atom. The Labute approximate surface area is 141 Å². The van der Waals surface area contributed by atoms with E-state index in [1.54, 1.807) is 18.2 Å². The summed E-state index contributed by atoms with van der Waals surface area (Å²) in [5.74, 6) is -0.262. The molecule has 0 aliphatic carbocycles. The number of unbranched alkanes of at least 4 members (excludes halogenated alkanes) is 10. The topological polar surface area (TPSA) is 46.5 Å². The van der Waals surface area contributed by atoms with Gasteiger partial charge >= 0.3 is 5.97 Å². The summed E-state index contributed by atoms with van der Waals surface area (Å²) in [6, 6.07) is 6.70. The molecule has 0 saturated carbocycles. The number of hydrogen-bond acceptors (Lipinski definition) is 2. The summed E-state index contributed by atoms with van der Waals surface area (Å²) < 4.78 is 5.62. The summed E-state index contributed by atoms with van der Waals surface area (Å²) in [4.78, 5) is 10.9. The summed E-state index contributed by atoms with van der Waals surface area (Å²) in [6.07, 6.45) is 14.4. The van der Waals surface area contributed by atoms with E-state index in [4.69, 9.17) is 9.84 Å². The van der Waals surface area contributed by atoms with E-state index in [1.807, 2.05) is 6.07 Å². The summed E-state index contributed by atoms with van der Waals surface area (Å²) in [5.41, 5.74) is 0.279. The fourth-order valence-electron chi connectivity index (χ4n) is 2.68. The Hall–Kier alpha value is -1.51. The van der Waals surface area contributed by atoms with Crippen LogP contribution in [0.2, 0.25) is 0 Å². The van der Waals surface area contributed by atoms with Crippen molar-refractivity contribution in [3.63, 3.8) is 0 Å². The van der Waals surface area contributed by atoms with Gasteiger partial charge in [0.05, 0.1) is 12.2 Å². The molecular formula is C20H32O3. The largest absolute Gasteiger partial charge is 0.494 e. The van der Waals surface area contributed by atoms with Crippen molar-refractivity contribution in [3.8, 4) is 5.75 Å². The SMILES string of the molecule is CCCCCCCCCCCCCOc1cccc(C(=O)O)c1. The second kappa shape index (κ2) is 13.0. The number of carbonyl (C=O) groups is 1. The minimum Gasteiger partial charge on any atom is -0.494 e. The predicted octanol–water partition coefficient (Wildman–Crippen LogP) is 6.07. The van der Waals surface area contributed by atoms with Crippen LogP contribution in [-0.2, 0) is 0 Å². The molecule has 3 nitrogen and oxygen atoms in total. The Balaban J connectivity index is 1.93. The van der Waals surface area contributed by atoms with Gasteiger partial charge in [0.1, 0.15) is 5.75 Å². The maximum absolute atomic E-state index is 10.9. The van der Waals surface area contributed by atoms with Gasteiger partial charge in [0.25, 0.3) is 0 Å². The number of benzene rings is 1. The molecule has 23 heavy (non-hydrogen) atoms. The fraction of sp³-hybridized carbons (Fsp3) is 0.650. The molecule has 0 radical (unpaired) electrons. The van der Waals surface area contributed by atoms with Gasteiger partial charge in [-0.15, -0.1) is 0 Å². The van der Waals surface area contributed by atoms with Crippen LogP contribution in [-0.4, -0.2) is 17.7 Å². The quantitative estimate of drug-likeness (QED) is 0.423. The normalized spacial score (nSPS) is 10.7. The van der Waals surface area contributed by atoms with E-state index in [9.17, 15) is 4.79 Å². The van der Waals surface area contributed by atoms with Crippen LogP contribution in [0.25, 0.3) is 0 Å². The summed E-state index contributed by atoms with van der Waals surface area (Å²) >= 11 is 0. The van der Waals surface area contributed by atoms with Crippen LogP contribution in [0.4, 0.5) is 0 Å². The van der Waals surface area contributed by atoms with E-state index in [0.717, 1.165) is 6.42 Å². The molecule has 130 valence electrons. The number of ether oxygens (including phenoxy) is 1. The van der Waals surface area contributed by atoms with Crippen LogP contribution in [0.3, 0.4) is 0 Å². The van der Waals surface area contributed by atoms with Crippen molar-refractivity contribution in [2.45, 2.75) is 77.6 Å². The number of aromatic carboxylic acids is 1. The van der Waals surface area contributed by atoms with Crippen LogP contribution in [0.1, 0.15) is 87.9 Å². The molecule has 3 heteroatoms. The van der Waals surface area contributed by atoms with Crippen molar-refractivity contribution < 1.29 is 14.6 Å². The first-order chi connectivity index (χ1) is 11.2. The number of hydrogen-bond donors (Lipinski definition) is 1. The first-order valence-corrected chi connectivity index (χ1v) is 9.20. The number of carboxylic acid groups (broad SMARTS) is 1. The smallest absolute Gasteiger partial charge is 0.335 e. The fourth-order valence-corrected chi connectivity index (χ4v) is 2.68. The van der Waals surface area contributed by atoms with Gasteiger partial charge in [-0.3, -0.25) is 0 Å². The van der Waals surface area contributed by atoms with Gasteiger partial charge in [-0.1, -0.05) is 77.2 Å². The van der Waals surface area contributed by atoms with Crippen molar-refractivity contribution in [3.05, 3.63) is 29.8 Å². The Morgan fingerprint density at radius 1 is 0.913 bits per heavy atom. The Morgan fingerprint density at radius 2 is 1.48 bits per heavy atom. The minimum atomic E-state index is -0.912. The van der Waals surface area contributed by atoms with E-state index >= 15 is 0 Å². The van der Waals surface area contributed by atoms with Crippen LogP contribution < -0.4 is 4.74 Å². The molecule has 1 aromatic rings. The van der Waals surface area contributed by atoms with E-state index in [2.05, 4.69) is 6.92 Å². The lowest BCUT2D eigenvalue weighted by Crippen LogP contribution is -2.00. The highest BCUT2D eigenvalue weighted by molar-refractivity contribution is 5.87. The summed E-state index contributed by atoms with van der Waals surface area (Å²) in [6.45, 7) is 2.92. The molecule has 1 aromatic carbocycles. The standard InChI is InChI=1S/C20H32O3/c1-2-3-4-5-6-7-8-9-10-11-12-16-23-19-15-13-14-18(17-19)20(21)22/h13-15,17H,2-12,16H2,1H3,(H,21,22). The lowest BCUT2D eigenvalue weighted by atomic mass is 10.1. The molecule has 0 atom stereocenters.